The van der Waals surface area contributed by atoms with Gasteiger partial charge in [-0.15, -0.1) is 4.68 Å². The first-order valence-corrected chi connectivity index (χ1v) is 11.3. The Morgan fingerprint density at radius 3 is 2.72 bits per heavy atom. The Morgan fingerprint density at radius 1 is 1.14 bits per heavy atom. The van der Waals surface area contributed by atoms with Crippen LogP contribution in [0.5, 0.6) is 0 Å². The molecule has 0 spiro atoms. The van der Waals surface area contributed by atoms with Crippen LogP contribution < -0.4 is 9.88 Å². The molecule has 0 fully saturated rings. The molecule has 1 N–H and O–H groups in total. The van der Waals surface area contributed by atoms with Gasteiger partial charge in [0.15, 0.2) is 12.3 Å². The smallest absolute Gasteiger partial charge is 0.296 e. The van der Waals surface area contributed by atoms with Crippen molar-refractivity contribution < 1.29 is 9.36 Å². The summed E-state index contributed by atoms with van der Waals surface area (Å²) in [6, 6.07) is 15.3. The number of hydrogen-bond acceptors (Lipinski definition) is 3. The van der Waals surface area contributed by atoms with Gasteiger partial charge in [0.25, 0.3) is 5.82 Å². The van der Waals surface area contributed by atoms with Gasteiger partial charge in [0, 0.05) is 31.4 Å². The van der Waals surface area contributed by atoms with Crippen LogP contribution in [0.4, 0.5) is 5.69 Å². The predicted molar refractivity (Wildman–Crippen MR) is 122 cm³/mol. The van der Waals surface area contributed by atoms with Crippen LogP contribution in [0.3, 0.4) is 0 Å². The Kier molecular flexibility index (Phi) is 6.50. The Morgan fingerprint density at radius 2 is 1.93 bits per heavy atom. The van der Waals surface area contributed by atoms with Crippen LogP contribution in [0.2, 0.25) is 5.02 Å². The molecule has 1 aliphatic heterocycles. The number of anilines is 1. The number of rotatable bonds is 6. The van der Waals surface area contributed by atoms with Crippen molar-refractivity contribution in [3.05, 3.63) is 74.3 Å². The monoisotopic (exact) mass is 521 g/mol. The highest BCUT2D eigenvalue weighted by atomic mass is 127. The molecule has 29 heavy (non-hydrogen) atoms. The Labute approximate surface area is 189 Å². The summed E-state index contributed by atoms with van der Waals surface area (Å²) in [6.45, 7) is 1.84. The fraction of sp³-hybridized carbons (Fsp3) is 0.318. The van der Waals surface area contributed by atoms with Gasteiger partial charge in [-0.1, -0.05) is 23.7 Å². The van der Waals surface area contributed by atoms with Gasteiger partial charge in [-0.25, -0.2) is 4.57 Å². The zero-order valence-electron chi connectivity index (χ0n) is 16.1. The molecule has 0 radical (unpaired) electrons. The molecule has 2 aromatic carbocycles. The molecule has 4 rings (SSSR count). The van der Waals surface area contributed by atoms with Gasteiger partial charge >= 0.3 is 0 Å². The van der Waals surface area contributed by atoms with Crippen molar-refractivity contribution in [3.8, 4) is 0 Å². The molecule has 0 amide bonds. The van der Waals surface area contributed by atoms with Gasteiger partial charge in [0.2, 0.25) is 5.82 Å². The van der Waals surface area contributed by atoms with Crippen molar-refractivity contribution in [1.82, 2.24) is 9.78 Å². The summed E-state index contributed by atoms with van der Waals surface area (Å²) in [4.78, 5) is 12.8. The number of hydrogen-bond donors (Lipinski definition) is 1. The van der Waals surface area contributed by atoms with E-state index < -0.39 is 0 Å². The summed E-state index contributed by atoms with van der Waals surface area (Å²) in [5, 5.41) is 8.96. The third kappa shape index (κ3) is 4.80. The van der Waals surface area contributed by atoms with Crippen molar-refractivity contribution in [2.24, 2.45) is 0 Å². The third-order valence-corrected chi connectivity index (χ3v) is 6.40. The van der Waals surface area contributed by atoms with E-state index in [0.29, 0.717) is 17.1 Å². The summed E-state index contributed by atoms with van der Waals surface area (Å²) in [5.74, 6) is 2.17. The first-order valence-electron chi connectivity index (χ1n) is 9.87. The normalized spacial score (nSPS) is 13.6. The van der Waals surface area contributed by atoms with Crippen molar-refractivity contribution in [2.45, 2.75) is 45.3 Å². The van der Waals surface area contributed by atoms with Gasteiger partial charge in [-0.3, -0.25) is 4.79 Å². The van der Waals surface area contributed by atoms with Crippen molar-refractivity contribution in [1.29, 1.82) is 0 Å². The summed E-state index contributed by atoms with van der Waals surface area (Å²) in [6.07, 6.45) is 4.43. The molecule has 0 unspecified atom stereocenters. The Balaban J connectivity index is 1.58. The highest BCUT2D eigenvalue weighted by molar-refractivity contribution is 14.1. The standard InChI is InChI=1S/C22H23ClIN4O/c23-17-11-9-16(10-12-17)20(29)15-28-22-8-2-1-5-13-27(22)21(26-28)14-25-19-7-4-3-6-18(19)24/h3-4,6-7,9-12,25H,1-2,5,8,13-15H2/q+1. The average Bonchev–Trinajstić information content (AvgIpc) is 2.89. The lowest BCUT2D eigenvalue weighted by molar-refractivity contribution is -0.710. The summed E-state index contributed by atoms with van der Waals surface area (Å²) < 4.78 is 5.37. The van der Waals surface area contributed by atoms with Gasteiger partial charge in [0.1, 0.15) is 6.54 Å². The lowest BCUT2D eigenvalue weighted by atomic mass is 10.1. The number of nitrogens with zero attached hydrogens (tertiary/aromatic N) is 3. The molecule has 5 nitrogen and oxygen atoms in total. The van der Waals surface area contributed by atoms with Crippen LogP contribution in [-0.4, -0.2) is 15.6 Å². The van der Waals surface area contributed by atoms with E-state index in [1.165, 1.54) is 9.99 Å². The molecule has 0 saturated carbocycles. The summed E-state index contributed by atoms with van der Waals surface area (Å²) in [7, 11) is 0. The van der Waals surface area contributed by atoms with E-state index in [2.05, 4.69) is 44.6 Å². The molecule has 3 aromatic rings. The van der Waals surface area contributed by atoms with E-state index in [1.807, 2.05) is 16.8 Å². The largest absolute Gasteiger partial charge is 0.374 e. The van der Waals surface area contributed by atoms with Crippen LogP contribution in [-0.2, 0) is 26.1 Å². The number of aromatic nitrogens is 3. The van der Waals surface area contributed by atoms with Crippen molar-refractivity contribution in [3.63, 3.8) is 0 Å². The van der Waals surface area contributed by atoms with Gasteiger partial charge < -0.3 is 5.32 Å². The second-order valence-electron chi connectivity index (χ2n) is 7.22. The molecular formula is C22H23ClIN4O+. The molecule has 0 bridgehead atoms. The maximum atomic E-state index is 12.8. The highest BCUT2D eigenvalue weighted by Gasteiger charge is 2.28. The quantitative estimate of drug-likeness (QED) is 0.292. The molecule has 7 heteroatoms. The maximum absolute atomic E-state index is 12.8. The Hall–Kier alpha value is -1.93. The molecule has 2 heterocycles. The van der Waals surface area contributed by atoms with Crippen molar-refractivity contribution >= 4 is 45.7 Å². The molecular weight excluding hydrogens is 499 g/mol. The van der Waals surface area contributed by atoms with E-state index in [9.17, 15) is 4.79 Å². The van der Waals surface area contributed by atoms with Crippen LogP contribution in [0, 0.1) is 3.57 Å². The van der Waals surface area contributed by atoms with Gasteiger partial charge in [0.05, 0.1) is 6.54 Å². The molecule has 1 aliphatic rings. The fourth-order valence-electron chi connectivity index (χ4n) is 3.69. The van der Waals surface area contributed by atoms with E-state index in [0.717, 1.165) is 43.1 Å². The van der Waals surface area contributed by atoms with Crippen LogP contribution in [0.25, 0.3) is 0 Å². The summed E-state index contributed by atoms with van der Waals surface area (Å²) in [5.41, 5.74) is 1.76. The maximum Gasteiger partial charge on any atom is 0.296 e. The predicted octanol–water partition coefficient (Wildman–Crippen LogP) is 4.65. The number of fused-ring (bicyclic) bond motifs is 1. The first kappa shape index (κ1) is 20.3. The number of carbonyl (C=O) groups excluding carboxylic acids is 1. The van der Waals surface area contributed by atoms with Gasteiger partial charge in [-0.2, -0.15) is 0 Å². The zero-order chi connectivity index (χ0) is 20.2. The lowest BCUT2D eigenvalue weighted by Gasteiger charge is -2.06. The van der Waals surface area contributed by atoms with Crippen LogP contribution in [0.15, 0.2) is 48.5 Å². The molecule has 150 valence electrons. The average molecular weight is 522 g/mol. The van der Waals surface area contributed by atoms with Crippen molar-refractivity contribution in [2.75, 3.05) is 5.32 Å². The third-order valence-electron chi connectivity index (χ3n) is 5.21. The minimum atomic E-state index is 0.0499. The Bertz CT molecular complexity index is 1020. The lowest BCUT2D eigenvalue weighted by Crippen LogP contribution is -2.41. The van der Waals surface area contributed by atoms with E-state index >= 15 is 0 Å². The molecule has 0 atom stereocenters. The second-order valence-corrected chi connectivity index (χ2v) is 8.81. The van der Waals surface area contributed by atoms with Gasteiger partial charge in [-0.05, 0) is 78.3 Å². The number of nitrogens with one attached hydrogen (secondary N) is 1. The number of ketones is 1. The number of para-hydroxylation sites is 1. The highest BCUT2D eigenvalue weighted by Crippen LogP contribution is 2.18. The van der Waals surface area contributed by atoms with E-state index in [-0.39, 0.29) is 12.3 Å². The molecule has 1 aromatic heterocycles. The fourth-order valence-corrected chi connectivity index (χ4v) is 4.39. The number of carbonyl (C=O) groups is 1. The minimum absolute atomic E-state index is 0.0499. The minimum Gasteiger partial charge on any atom is -0.374 e. The zero-order valence-corrected chi connectivity index (χ0v) is 19.0. The number of Topliss-reactive ketones (excluding diaryl/α,β-unsaturated/α-hetero) is 1. The molecule has 0 saturated heterocycles. The number of halogens is 2. The first-order chi connectivity index (χ1) is 14.1. The SMILES string of the molecule is O=C(Cn1nc(CNc2ccccc2I)[n+]2c1CCCCC2)c1ccc(Cl)cc1. The molecule has 0 aliphatic carbocycles. The van der Waals surface area contributed by atoms with E-state index in [1.54, 1.807) is 24.3 Å². The van der Waals surface area contributed by atoms with E-state index in [4.69, 9.17) is 16.7 Å². The van der Waals surface area contributed by atoms with Crippen LogP contribution in [0.1, 0.15) is 41.3 Å². The topological polar surface area (TPSA) is 50.8 Å². The number of benzene rings is 2. The summed E-state index contributed by atoms with van der Waals surface area (Å²) >= 11 is 8.28. The van der Waals surface area contributed by atoms with Crippen LogP contribution >= 0.6 is 34.2 Å². The second kappa shape index (κ2) is 9.26.